The van der Waals surface area contributed by atoms with Crippen LogP contribution in [0, 0.1) is 0 Å². The summed E-state index contributed by atoms with van der Waals surface area (Å²) >= 11 is 0. The highest BCUT2D eigenvalue weighted by Gasteiger charge is 2.48. The Morgan fingerprint density at radius 2 is 1.71 bits per heavy atom. The molecule has 190 valence electrons. The van der Waals surface area contributed by atoms with Gasteiger partial charge in [-0.15, -0.1) is 0 Å². The summed E-state index contributed by atoms with van der Waals surface area (Å²) in [7, 11) is 0. The quantitative estimate of drug-likeness (QED) is 0.625. The SMILES string of the molecule is C[C@@]1(C(=O)NC2CCCCCCC2)Cn2c(ccc2-c2ccco2)C(=O)N1CCCN1CCCC1. The van der Waals surface area contributed by atoms with Gasteiger partial charge in [0.1, 0.15) is 17.0 Å². The fourth-order valence-corrected chi connectivity index (χ4v) is 6.16. The predicted octanol–water partition coefficient (Wildman–Crippen LogP) is 4.68. The van der Waals surface area contributed by atoms with Gasteiger partial charge in [-0.1, -0.05) is 32.1 Å². The summed E-state index contributed by atoms with van der Waals surface area (Å²) < 4.78 is 7.63. The molecule has 35 heavy (non-hydrogen) atoms. The lowest BCUT2D eigenvalue weighted by Gasteiger charge is -2.45. The van der Waals surface area contributed by atoms with E-state index in [-0.39, 0.29) is 17.9 Å². The first-order valence-corrected chi connectivity index (χ1v) is 13.6. The van der Waals surface area contributed by atoms with Gasteiger partial charge < -0.3 is 24.1 Å². The molecule has 7 heteroatoms. The van der Waals surface area contributed by atoms with Crippen LogP contribution in [0.3, 0.4) is 0 Å². The third-order valence-electron chi connectivity index (χ3n) is 8.26. The minimum absolute atomic E-state index is 0.0256. The van der Waals surface area contributed by atoms with E-state index in [2.05, 4.69) is 10.2 Å². The number of aromatic nitrogens is 1. The number of carbonyl (C=O) groups is 2. The van der Waals surface area contributed by atoms with Crippen molar-refractivity contribution < 1.29 is 14.0 Å². The van der Waals surface area contributed by atoms with Crippen molar-refractivity contribution in [2.45, 2.75) is 89.3 Å². The Balaban J connectivity index is 1.39. The minimum Gasteiger partial charge on any atom is -0.463 e. The molecule has 0 spiro atoms. The molecule has 1 saturated heterocycles. The number of amides is 2. The summed E-state index contributed by atoms with van der Waals surface area (Å²) in [6.45, 7) is 6.23. The van der Waals surface area contributed by atoms with Gasteiger partial charge in [0.2, 0.25) is 5.91 Å². The monoisotopic (exact) mass is 480 g/mol. The Morgan fingerprint density at radius 1 is 1.00 bits per heavy atom. The van der Waals surface area contributed by atoms with Crippen molar-refractivity contribution in [2.75, 3.05) is 26.2 Å². The summed E-state index contributed by atoms with van der Waals surface area (Å²) in [4.78, 5) is 32.1. The molecule has 0 radical (unpaired) electrons. The zero-order chi connectivity index (χ0) is 24.3. The zero-order valence-corrected chi connectivity index (χ0v) is 21.1. The van der Waals surface area contributed by atoms with Crippen molar-refractivity contribution in [1.82, 2.24) is 19.7 Å². The number of furan rings is 1. The first-order valence-electron chi connectivity index (χ1n) is 13.6. The first kappa shape index (κ1) is 24.2. The molecule has 7 nitrogen and oxygen atoms in total. The average molecular weight is 481 g/mol. The summed E-state index contributed by atoms with van der Waals surface area (Å²) in [5, 5.41) is 3.38. The molecule has 1 N–H and O–H groups in total. The fraction of sp³-hybridized carbons (Fsp3) is 0.643. The molecule has 4 heterocycles. The van der Waals surface area contributed by atoms with E-state index in [1.165, 1.54) is 32.1 Å². The molecule has 0 bridgehead atoms. The van der Waals surface area contributed by atoms with Gasteiger partial charge in [-0.3, -0.25) is 9.59 Å². The second-order valence-electron chi connectivity index (χ2n) is 10.8. The predicted molar refractivity (Wildman–Crippen MR) is 136 cm³/mol. The van der Waals surface area contributed by atoms with Gasteiger partial charge in [-0.2, -0.15) is 0 Å². The normalized spacial score (nSPS) is 24.3. The van der Waals surface area contributed by atoms with Gasteiger partial charge in [0.15, 0.2) is 0 Å². The second-order valence-corrected chi connectivity index (χ2v) is 10.8. The topological polar surface area (TPSA) is 70.7 Å². The van der Waals surface area contributed by atoms with Crippen LogP contribution in [0.1, 0.15) is 81.6 Å². The van der Waals surface area contributed by atoms with E-state index < -0.39 is 5.54 Å². The Bertz CT molecular complexity index is 1000. The van der Waals surface area contributed by atoms with Crippen molar-refractivity contribution in [3.63, 3.8) is 0 Å². The van der Waals surface area contributed by atoms with Gasteiger partial charge in [-0.05, 0) is 82.9 Å². The van der Waals surface area contributed by atoms with Crippen molar-refractivity contribution >= 4 is 11.8 Å². The lowest BCUT2D eigenvalue weighted by Crippen LogP contribution is -2.65. The van der Waals surface area contributed by atoms with E-state index in [1.807, 2.05) is 40.7 Å². The van der Waals surface area contributed by atoms with Crippen LogP contribution in [0.2, 0.25) is 0 Å². The molecule has 0 unspecified atom stereocenters. The highest BCUT2D eigenvalue weighted by atomic mass is 16.3. The van der Waals surface area contributed by atoms with Gasteiger partial charge in [0.05, 0.1) is 18.5 Å². The number of nitrogens with zero attached hydrogens (tertiary/aromatic N) is 3. The molecule has 1 atom stereocenters. The van der Waals surface area contributed by atoms with E-state index in [4.69, 9.17) is 4.42 Å². The van der Waals surface area contributed by atoms with Crippen molar-refractivity contribution in [3.05, 3.63) is 36.2 Å². The first-order chi connectivity index (χ1) is 17.1. The van der Waals surface area contributed by atoms with E-state index in [0.29, 0.717) is 24.5 Å². The number of fused-ring (bicyclic) bond motifs is 1. The standard InChI is InChI=1S/C28H40N4O3/c1-28(27(34)29-22-11-5-3-2-4-6-12-22)21-31-23(25-13-9-20-35-25)14-15-24(31)26(33)32(28)19-10-18-30-16-7-8-17-30/h9,13-15,20,22H,2-8,10-12,16-19,21H2,1H3,(H,29,34)/t28-/m0/s1. The molecule has 5 rings (SSSR count). The van der Waals surface area contributed by atoms with Crippen molar-refractivity contribution in [2.24, 2.45) is 0 Å². The van der Waals surface area contributed by atoms with Crippen LogP contribution < -0.4 is 5.32 Å². The highest BCUT2D eigenvalue weighted by Crippen LogP contribution is 2.34. The lowest BCUT2D eigenvalue weighted by atomic mass is 9.92. The van der Waals surface area contributed by atoms with Gasteiger partial charge >= 0.3 is 0 Å². The molecule has 1 saturated carbocycles. The number of hydrogen-bond acceptors (Lipinski definition) is 4. The maximum atomic E-state index is 13.9. The van der Waals surface area contributed by atoms with Gasteiger partial charge in [-0.25, -0.2) is 0 Å². The molecule has 2 aliphatic heterocycles. The number of hydrogen-bond donors (Lipinski definition) is 1. The fourth-order valence-electron chi connectivity index (χ4n) is 6.16. The van der Waals surface area contributed by atoms with Crippen LogP contribution in [0.4, 0.5) is 0 Å². The molecule has 3 aliphatic rings. The molecular formula is C28H40N4O3. The highest BCUT2D eigenvalue weighted by molar-refractivity contribution is 6.00. The number of rotatable bonds is 7. The Kier molecular flexibility index (Phi) is 7.32. The summed E-state index contributed by atoms with van der Waals surface area (Å²) in [5.74, 6) is 0.627. The lowest BCUT2D eigenvalue weighted by molar-refractivity contribution is -0.133. The molecule has 2 amide bonds. The maximum Gasteiger partial charge on any atom is 0.271 e. The summed E-state index contributed by atoms with van der Waals surface area (Å²) in [6, 6.07) is 7.76. The van der Waals surface area contributed by atoms with Crippen LogP contribution in [0.15, 0.2) is 34.9 Å². The smallest absolute Gasteiger partial charge is 0.271 e. The third kappa shape index (κ3) is 5.06. The van der Waals surface area contributed by atoms with Crippen molar-refractivity contribution in [3.8, 4) is 11.5 Å². The van der Waals surface area contributed by atoms with Crippen LogP contribution >= 0.6 is 0 Å². The Hall–Kier alpha value is -2.54. The van der Waals surface area contributed by atoms with Crippen molar-refractivity contribution in [1.29, 1.82) is 0 Å². The maximum absolute atomic E-state index is 13.9. The summed E-state index contributed by atoms with van der Waals surface area (Å²) in [5.41, 5.74) is 0.534. The van der Waals surface area contributed by atoms with E-state index >= 15 is 0 Å². The largest absolute Gasteiger partial charge is 0.463 e. The average Bonchev–Trinajstić information content (AvgIpc) is 3.59. The molecule has 2 aromatic rings. The Labute approximate surface area is 208 Å². The minimum atomic E-state index is -0.947. The molecule has 0 aromatic carbocycles. The molecule has 1 aliphatic carbocycles. The van der Waals surface area contributed by atoms with E-state index in [9.17, 15) is 9.59 Å². The third-order valence-corrected chi connectivity index (χ3v) is 8.26. The molecular weight excluding hydrogens is 440 g/mol. The number of carbonyl (C=O) groups excluding carboxylic acids is 2. The van der Waals surface area contributed by atoms with Crippen LogP contribution in [0.5, 0.6) is 0 Å². The van der Waals surface area contributed by atoms with Crippen LogP contribution in [0.25, 0.3) is 11.5 Å². The second kappa shape index (κ2) is 10.6. The van der Waals surface area contributed by atoms with E-state index in [1.54, 1.807) is 6.26 Å². The van der Waals surface area contributed by atoms with Crippen LogP contribution in [-0.2, 0) is 11.3 Å². The Morgan fingerprint density at radius 3 is 2.43 bits per heavy atom. The molecule has 2 fully saturated rings. The van der Waals surface area contributed by atoms with Crippen LogP contribution in [-0.4, -0.2) is 63.9 Å². The van der Waals surface area contributed by atoms with E-state index in [0.717, 1.165) is 57.4 Å². The molecule has 2 aromatic heterocycles. The summed E-state index contributed by atoms with van der Waals surface area (Å²) in [6.07, 6.45) is 13.2. The van der Waals surface area contributed by atoms with Gasteiger partial charge in [0.25, 0.3) is 5.91 Å². The number of likely N-dealkylation sites (tertiary alicyclic amines) is 1. The zero-order valence-electron chi connectivity index (χ0n) is 21.1. The van der Waals surface area contributed by atoms with Gasteiger partial charge in [0, 0.05) is 12.6 Å². The number of nitrogens with one attached hydrogen (secondary N) is 1.